The highest BCUT2D eigenvalue weighted by Gasteiger charge is 2.47. The predicted octanol–water partition coefficient (Wildman–Crippen LogP) is 2.33. The first-order valence-electron chi connectivity index (χ1n) is 7.65. The minimum Gasteiger partial charge on any atom is -0.468 e. The number of aryl methyl sites for hydroxylation is 1. The van der Waals surface area contributed by atoms with Gasteiger partial charge in [0.25, 0.3) is 0 Å². The quantitative estimate of drug-likeness (QED) is 0.871. The first kappa shape index (κ1) is 15.0. The van der Waals surface area contributed by atoms with Crippen LogP contribution in [-0.2, 0) is 16.1 Å². The Kier molecular flexibility index (Phi) is 4.33. The van der Waals surface area contributed by atoms with Gasteiger partial charge in [0.2, 0.25) is 0 Å². The molecule has 1 saturated heterocycles. The lowest BCUT2D eigenvalue weighted by Gasteiger charge is -2.35. The van der Waals surface area contributed by atoms with E-state index in [1.165, 1.54) is 16.9 Å². The summed E-state index contributed by atoms with van der Waals surface area (Å²) in [5.41, 5.74) is 0. The molecule has 0 unspecified atom stereocenters. The minimum absolute atomic E-state index is 0.132. The first-order valence-corrected chi connectivity index (χ1v) is 8.47. The monoisotopic (exact) mass is 309 g/mol. The second-order valence-electron chi connectivity index (χ2n) is 6.25. The zero-order valence-corrected chi connectivity index (χ0v) is 13.4. The van der Waals surface area contributed by atoms with Crippen molar-refractivity contribution in [2.75, 3.05) is 7.11 Å². The summed E-state index contributed by atoms with van der Waals surface area (Å²) < 4.78 is 5.00. The van der Waals surface area contributed by atoms with Gasteiger partial charge in [0.1, 0.15) is 6.04 Å². The number of aliphatic hydroxyl groups excluding tert-OH is 1. The maximum atomic E-state index is 12.1. The van der Waals surface area contributed by atoms with E-state index in [-0.39, 0.29) is 18.1 Å². The molecule has 0 aromatic carbocycles. The number of ether oxygens (including phenoxy) is 1. The van der Waals surface area contributed by atoms with Crippen molar-refractivity contribution in [1.82, 2.24) is 4.90 Å². The molecule has 4 nitrogen and oxygen atoms in total. The molecule has 116 valence electrons. The third kappa shape index (κ3) is 3.00. The molecular weight excluding hydrogens is 286 g/mol. The largest absolute Gasteiger partial charge is 0.468 e. The fourth-order valence-electron chi connectivity index (χ4n) is 3.87. The molecule has 0 amide bonds. The Labute approximate surface area is 129 Å². The highest BCUT2D eigenvalue weighted by Crippen LogP contribution is 2.41. The number of likely N-dealkylation sites (tertiary alicyclic amines) is 1. The number of aliphatic hydroxyl groups is 1. The van der Waals surface area contributed by atoms with Gasteiger partial charge in [-0.05, 0) is 50.7 Å². The van der Waals surface area contributed by atoms with Gasteiger partial charge in [-0.1, -0.05) is 0 Å². The number of rotatable bonds is 3. The van der Waals surface area contributed by atoms with Crippen LogP contribution in [0.25, 0.3) is 0 Å². The van der Waals surface area contributed by atoms with Crippen molar-refractivity contribution in [1.29, 1.82) is 0 Å². The van der Waals surface area contributed by atoms with Crippen molar-refractivity contribution in [3.8, 4) is 0 Å². The molecule has 1 saturated carbocycles. The Morgan fingerprint density at radius 2 is 2.24 bits per heavy atom. The molecule has 0 bridgehead atoms. The van der Waals surface area contributed by atoms with E-state index < -0.39 is 0 Å². The van der Waals surface area contributed by atoms with Crippen molar-refractivity contribution >= 4 is 17.3 Å². The highest BCUT2D eigenvalue weighted by atomic mass is 32.1. The van der Waals surface area contributed by atoms with E-state index in [0.29, 0.717) is 12.0 Å². The van der Waals surface area contributed by atoms with Crippen molar-refractivity contribution in [3.63, 3.8) is 0 Å². The predicted molar refractivity (Wildman–Crippen MR) is 82.2 cm³/mol. The lowest BCUT2D eigenvalue weighted by molar-refractivity contribution is -0.146. The molecule has 2 heterocycles. The second kappa shape index (κ2) is 6.07. The molecule has 1 aliphatic heterocycles. The summed E-state index contributed by atoms with van der Waals surface area (Å²) in [4.78, 5) is 17.0. The normalized spacial score (nSPS) is 32.9. The standard InChI is InChI=1S/C16H23NO3S/c1-10-3-6-13(21-10)9-17-14-8-12(18)5-4-11(14)7-15(17)16(19)20-2/h3,6,11-12,14-15,18H,4-5,7-9H2,1-2H3/t11-,12+,14-,15+/m1/s1. The summed E-state index contributed by atoms with van der Waals surface area (Å²) in [5.74, 6) is 0.380. The molecule has 1 N–H and O–H groups in total. The SMILES string of the molecule is COC(=O)[C@@H]1C[C@H]2CC[C@H](O)C[C@H]2N1Cc1ccc(C)s1. The van der Waals surface area contributed by atoms with Gasteiger partial charge >= 0.3 is 5.97 Å². The topological polar surface area (TPSA) is 49.8 Å². The third-order valence-corrected chi connectivity index (χ3v) is 5.87. The minimum atomic E-state index is -0.227. The Bertz CT molecular complexity index is 515. The molecule has 0 spiro atoms. The van der Waals surface area contributed by atoms with E-state index in [1.54, 1.807) is 11.3 Å². The molecule has 2 fully saturated rings. The summed E-state index contributed by atoms with van der Waals surface area (Å²) in [6, 6.07) is 4.41. The zero-order chi connectivity index (χ0) is 15.0. The van der Waals surface area contributed by atoms with Crippen LogP contribution in [0.2, 0.25) is 0 Å². The fourth-order valence-corrected chi connectivity index (χ4v) is 4.77. The van der Waals surface area contributed by atoms with Crippen LogP contribution in [-0.4, -0.2) is 41.3 Å². The van der Waals surface area contributed by atoms with Gasteiger partial charge in [0, 0.05) is 22.3 Å². The van der Waals surface area contributed by atoms with Crippen molar-refractivity contribution < 1.29 is 14.6 Å². The van der Waals surface area contributed by atoms with Crippen LogP contribution in [0.3, 0.4) is 0 Å². The van der Waals surface area contributed by atoms with E-state index in [4.69, 9.17) is 4.74 Å². The molecule has 1 aromatic heterocycles. The first-order chi connectivity index (χ1) is 10.1. The molecule has 3 rings (SSSR count). The molecule has 5 heteroatoms. The Morgan fingerprint density at radius 3 is 2.90 bits per heavy atom. The van der Waals surface area contributed by atoms with E-state index in [2.05, 4.69) is 24.0 Å². The number of hydrogen-bond acceptors (Lipinski definition) is 5. The van der Waals surface area contributed by atoms with Crippen molar-refractivity contribution in [2.24, 2.45) is 5.92 Å². The maximum absolute atomic E-state index is 12.1. The molecule has 4 atom stereocenters. The van der Waals surface area contributed by atoms with Gasteiger partial charge in [-0.15, -0.1) is 11.3 Å². The molecular formula is C16H23NO3S. The lowest BCUT2D eigenvalue weighted by Crippen LogP contribution is -2.44. The van der Waals surface area contributed by atoms with Crippen LogP contribution < -0.4 is 0 Å². The molecule has 21 heavy (non-hydrogen) atoms. The van der Waals surface area contributed by atoms with Gasteiger partial charge in [-0.2, -0.15) is 0 Å². The van der Waals surface area contributed by atoms with Crippen LogP contribution in [0.1, 0.15) is 35.4 Å². The van der Waals surface area contributed by atoms with E-state index in [1.807, 2.05) is 0 Å². The number of carbonyl (C=O) groups is 1. The number of nitrogens with zero attached hydrogens (tertiary/aromatic N) is 1. The number of thiophene rings is 1. The van der Waals surface area contributed by atoms with Crippen LogP contribution in [0.5, 0.6) is 0 Å². The molecule has 1 aromatic rings. The van der Waals surface area contributed by atoms with Gasteiger partial charge in [-0.3, -0.25) is 9.69 Å². The van der Waals surface area contributed by atoms with Crippen LogP contribution in [0.4, 0.5) is 0 Å². The number of hydrogen-bond donors (Lipinski definition) is 1. The van der Waals surface area contributed by atoms with Gasteiger partial charge in [0.05, 0.1) is 13.2 Å². The summed E-state index contributed by atoms with van der Waals surface area (Å²) in [7, 11) is 1.46. The average molecular weight is 309 g/mol. The fraction of sp³-hybridized carbons (Fsp3) is 0.688. The number of methoxy groups -OCH3 is 1. The molecule has 0 radical (unpaired) electrons. The van der Waals surface area contributed by atoms with Crippen LogP contribution >= 0.6 is 11.3 Å². The summed E-state index contributed by atoms with van der Waals surface area (Å²) in [6.45, 7) is 2.88. The van der Waals surface area contributed by atoms with Crippen molar-refractivity contribution in [2.45, 2.75) is 57.3 Å². The van der Waals surface area contributed by atoms with Gasteiger partial charge in [0.15, 0.2) is 0 Å². The van der Waals surface area contributed by atoms with Crippen LogP contribution in [0.15, 0.2) is 12.1 Å². The Balaban J connectivity index is 1.81. The summed E-state index contributed by atoms with van der Waals surface area (Å²) in [5, 5.41) is 9.99. The van der Waals surface area contributed by atoms with Crippen LogP contribution in [0, 0.1) is 12.8 Å². The summed E-state index contributed by atoms with van der Waals surface area (Å²) >= 11 is 1.78. The number of esters is 1. The van der Waals surface area contributed by atoms with E-state index >= 15 is 0 Å². The molecule has 1 aliphatic carbocycles. The average Bonchev–Trinajstić information content (AvgIpc) is 3.03. The lowest BCUT2D eigenvalue weighted by atomic mass is 9.83. The second-order valence-corrected chi connectivity index (χ2v) is 7.63. The number of carbonyl (C=O) groups excluding carboxylic acids is 1. The third-order valence-electron chi connectivity index (χ3n) is 4.89. The zero-order valence-electron chi connectivity index (χ0n) is 12.6. The smallest absolute Gasteiger partial charge is 0.323 e. The summed E-state index contributed by atoms with van der Waals surface area (Å²) in [6.07, 6.45) is 3.30. The van der Waals surface area contributed by atoms with E-state index in [0.717, 1.165) is 32.2 Å². The van der Waals surface area contributed by atoms with Gasteiger partial charge in [-0.25, -0.2) is 0 Å². The van der Waals surface area contributed by atoms with E-state index in [9.17, 15) is 9.90 Å². The Hall–Kier alpha value is -0.910. The maximum Gasteiger partial charge on any atom is 0.323 e. The number of fused-ring (bicyclic) bond motifs is 1. The Morgan fingerprint density at radius 1 is 1.43 bits per heavy atom. The highest BCUT2D eigenvalue weighted by molar-refractivity contribution is 7.11. The van der Waals surface area contributed by atoms with Crippen molar-refractivity contribution in [3.05, 3.63) is 21.9 Å². The molecule has 2 aliphatic rings. The van der Waals surface area contributed by atoms with Gasteiger partial charge < -0.3 is 9.84 Å².